The molecule has 0 unspecified atom stereocenters. The number of nitrogens with zero attached hydrogens (tertiary/aromatic N) is 2. The summed E-state index contributed by atoms with van der Waals surface area (Å²) in [6.45, 7) is 9.59. The molecule has 0 amide bonds. The van der Waals surface area contributed by atoms with E-state index in [9.17, 15) is 4.79 Å². The normalized spacial score (nSPS) is 15.3. The van der Waals surface area contributed by atoms with E-state index in [0.717, 1.165) is 50.3 Å². The molecule has 6 nitrogen and oxygen atoms in total. The van der Waals surface area contributed by atoms with E-state index < -0.39 is 0 Å². The topological polar surface area (TPSA) is 60.6 Å². The number of ether oxygens (including phenoxy) is 1. The molecule has 0 saturated carbocycles. The Kier molecular flexibility index (Phi) is 7.75. The van der Waals surface area contributed by atoms with Gasteiger partial charge in [0, 0.05) is 37.3 Å². The van der Waals surface area contributed by atoms with Gasteiger partial charge in [-0.1, -0.05) is 42.0 Å². The zero-order chi connectivity index (χ0) is 23.2. The quantitative estimate of drug-likeness (QED) is 0.521. The van der Waals surface area contributed by atoms with Crippen LogP contribution in [0.2, 0.25) is 0 Å². The second-order valence-electron chi connectivity index (χ2n) is 8.67. The number of morpholine rings is 1. The second-order valence-corrected chi connectivity index (χ2v) is 9.06. The lowest BCUT2D eigenvalue weighted by molar-refractivity contribution is 0.0357. The molecule has 7 heteroatoms. The third-order valence-electron chi connectivity index (χ3n) is 6.15. The number of nitrogens with one attached hydrogen (secondary N) is 2. The Hall–Kier alpha value is -2.74. The average molecular weight is 465 g/mol. The molecule has 1 aromatic heterocycles. The van der Waals surface area contributed by atoms with E-state index in [-0.39, 0.29) is 11.6 Å². The minimum Gasteiger partial charge on any atom is -0.379 e. The number of fused-ring (bicyclic) bond motifs is 1. The summed E-state index contributed by atoms with van der Waals surface area (Å²) >= 11 is 5.84. The molecule has 33 heavy (non-hydrogen) atoms. The van der Waals surface area contributed by atoms with Crippen molar-refractivity contribution in [2.45, 2.75) is 26.4 Å². The Morgan fingerprint density at radius 3 is 2.70 bits per heavy atom. The lowest BCUT2D eigenvalue weighted by atomic mass is 10.1. The molecule has 1 atom stereocenters. The summed E-state index contributed by atoms with van der Waals surface area (Å²) in [5, 5.41) is 5.16. The highest BCUT2D eigenvalue weighted by Crippen LogP contribution is 2.16. The molecular weight excluding hydrogens is 432 g/mol. The SMILES string of the molecule is Cc1ccc2[nH]c(=O)c(CN(CCN3CCOCC3)C(=S)N[C@@H](C)c3ccccc3)cc2c1. The Balaban J connectivity index is 1.53. The molecular formula is C26H32N4O2S. The monoisotopic (exact) mass is 464 g/mol. The first kappa shape index (κ1) is 23.4. The van der Waals surface area contributed by atoms with Crippen molar-refractivity contribution in [3.8, 4) is 0 Å². The Morgan fingerprint density at radius 1 is 1.18 bits per heavy atom. The molecule has 1 fully saturated rings. The van der Waals surface area contributed by atoms with Gasteiger partial charge in [-0.15, -0.1) is 0 Å². The summed E-state index contributed by atoms with van der Waals surface area (Å²) in [7, 11) is 0. The standard InChI is InChI=1S/C26H32N4O2S/c1-19-8-9-24-22(16-19)17-23(25(31)28-24)18-30(11-10-29-12-14-32-15-13-29)26(33)27-20(2)21-6-4-3-5-7-21/h3-9,16-17,20H,10-15,18H2,1-2H3,(H,27,33)(H,28,31)/t20-/m0/s1. The van der Waals surface area contributed by atoms with Crippen LogP contribution in [-0.2, 0) is 11.3 Å². The van der Waals surface area contributed by atoms with Gasteiger partial charge >= 0.3 is 0 Å². The molecule has 2 aromatic carbocycles. The van der Waals surface area contributed by atoms with Crippen LogP contribution in [0.3, 0.4) is 0 Å². The number of benzene rings is 2. The van der Waals surface area contributed by atoms with Crippen LogP contribution in [0.1, 0.15) is 29.7 Å². The van der Waals surface area contributed by atoms with Crippen LogP contribution in [0.25, 0.3) is 10.9 Å². The van der Waals surface area contributed by atoms with E-state index in [1.165, 1.54) is 11.1 Å². The first-order chi connectivity index (χ1) is 16.0. The highest BCUT2D eigenvalue weighted by atomic mass is 32.1. The molecule has 1 aliphatic rings. The Morgan fingerprint density at radius 2 is 1.94 bits per heavy atom. The van der Waals surface area contributed by atoms with Crippen LogP contribution in [0, 0.1) is 6.92 Å². The van der Waals surface area contributed by atoms with E-state index in [1.54, 1.807) is 0 Å². The number of hydrogen-bond donors (Lipinski definition) is 2. The van der Waals surface area contributed by atoms with Crippen molar-refractivity contribution < 1.29 is 4.74 Å². The summed E-state index contributed by atoms with van der Waals surface area (Å²) in [6.07, 6.45) is 0. The fourth-order valence-corrected chi connectivity index (χ4v) is 4.47. The molecule has 0 aliphatic carbocycles. The minimum atomic E-state index is -0.0679. The molecule has 3 aromatic rings. The van der Waals surface area contributed by atoms with Crippen LogP contribution in [0.4, 0.5) is 0 Å². The smallest absolute Gasteiger partial charge is 0.253 e. The number of aryl methyl sites for hydroxylation is 1. The van der Waals surface area contributed by atoms with Gasteiger partial charge < -0.3 is 19.9 Å². The van der Waals surface area contributed by atoms with Gasteiger partial charge in [-0.25, -0.2) is 0 Å². The number of pyridine rings is 1. The van der Waals surface area contributed by atoms with Crippen molar-refractivity contribution in [2.75, 3.05) is 39.4 Å². The second kappa shape index (κ2) is 10.9. The molecule has 0 bridgehead atoms. The number of hydrogen-bond acceptors (Lipinski definition) is 4. The summed E-state index contributed by atoms with van der Waals surface area (Å²) < 4.78 is 5.48. The number of aromatic amines is 1. The zero-order valence-corrected chi connectivity index (χ0v) is 20.2. The third kappa shape index (κ3) is 6.19. The van der Waals surface area contributed by atoms with Crippen molar-refractivity contribution in [1.29, 1.82) is 0 Å². The molecule has 2 heterocycles. The van der Waals surface area contributed by atoms with E-state index in [0.29, 0.717) is 17.2 Å². The van der Waals surface area contributed by atoms with E-state index in [1.807, 2.05) is 36.4 Å². The Labute approximate surface area is 200 Å². The number of H-pyrrole nitrogens is 1. The highest BCUT2D eigenvalue weighted by Gasteiger charge is 2.18. The molecule has 4 rings (SSSR count). The van der Waals surface area contributed by atoms with Gasteiger partial charge in [-0.05, 0) is 55.2 Å². The Bertz CT molecular complexity index is 1140. The van der Waals surface area contributed by atoms with Gasteiger partial charge in [-0.3, -0.25) is 9.69 Å². The van der Waals surface area contributed by atoms with E-state index >= 15 is 0 Å². The largest absolute Gasteiger partial charge is 0.379 e. The van der Waals surface area contributed by atoms with Crippen molar-refractivity contribution >= 4 is 28.2 Å². The lowest BCUT2D eigenvalue weighted by Gasteiger charge is -2.32. The van der Waals surface area contributed by atoms with Crippen molar-refractivity contribution in [3.05, 3.63) is 81.6 Å². The highest BCUT2D eigenvalue weighted by molar-refractivity contribution is 7.80. The van der Waals surface area contributed by atoms with Gasteiger partial charge in [0.1, 0.15) is 0 Å². The maximum absolute atomic E-state index is 12.9. The zero-order valence-electron chi connectivity index (χ0n) is 19.3. The van der Waals surface area contributed by atoms with Gasteiger partial charge in [0.2, 0.25) is 0 Å². The van der Waals surface area contributed by atoms with Crippen LogP contribution < -0.4 is 10.9 Å². The van der Waals surface area contributed by atoms with Crippen LogP contribution in [0.15, 0.2) is 59.4 Å². The maximum Gasteiger partial charge on any atom is 0.253 e. The predicted molar refractivity (Wildman–Crippen MR) is 138 cm³/mol. The molecule has 2 N–H and O–H groups in total. The van der Waals surface area contributed by atoms with Gasteiger partial charge in [0.15, 0.2) is 5.11 Å². The van der Waals surface area contributed by atoms with Crippen molar-refractivity contribution in [1.82, 2.24) is 20.1 Å². The van der Waals surface area contributed by atoms with Gasteiger partial charge in [0.05, 0.1) is 25.8 Å². The van der Waals surface area contributed by atoms with E-state index in [2.05, 4.69) is 52.1 Å². The summed E-state index contributed by atoms with van der Waals surface area (Å²) in [6, 6.07) is 18.4. The molecule has 0 radical (unpaired) electrons. The predicted octanol–water partition coefficient (Wildman–Crippen LogP) is 3.61. The number of rotatable bonds is 7. The van der Waals surface area contributed by atoms with E-state index in [4.69, 9.17) is 17.0 Å². The first-order valence-electron chi connectivity index (χ1n) is 11.5. The number of thiocarbonyl (C=S) groups is 1. The third-order valence-corrected chi connectivity index (χ3v) is 6.53. The molecule has 1 aliphatic heterocycles. The summed E-state index contributed by atoms with van der Waals surface area (Å²) in [4.78, 5) is 20.4. The first-order valence-corrected chi connectivity index (χ1v) is 11.9. The minimum absolute atomic E-state index is 0.0679. The molecule has 1 saturated heterocycles. The van der Waals surface area contributed by atoms with Gasteiger partial charge in [-0.2, -0.15) is 0 Å². The average Bonchev–Trinajstić information content (AvgIpc) is 2.83. The van der Waals surface area contributed by atoms with Crippen LogP contribution in [0.5, 0.6) is 0 Å². The molecule has 174 valence electrons. The lowest BCUT2D eigenvalue weighted by Crippen LogP contribution is -2.46. The van der Waals surface area contributed by atoms with Crippen LogP contribution in [-0.4, -0.2) is 59.3 Å². The maximum atomic E-state index is 12.9. The fraction of sp³-hybridized carbons (Fsp3) is 0.385. The van der Waals surface area contributed by atoms with Gasteiger partial charge in [0.25, 0.3) is 5.56 Å². The molecule has 0 spiro atoms. The summed E-state index contributed by atoms with van der Waals surface area (Å²) in [5.41, 5.74) is 3.84. The van der Waals surface area contributed by atoms with Crippen molar-refractivity contribution in [2.24, 2.45) is 0 Å². The van der Waals surface area contributed by atoms with Crippen LogP contribution >= 0.6 is 12.2 Å². The summed E-state index contributed by atoms with van der Waals surface area (Å²) in [5.74, 6) is 0. The number of aromatic nitrogens is 1. The fourth-order valence-electron chi connectivity index (χ4n) is 4.14. The van der Waals surface area contributed by atoms with Crippen molar-refractivity contribution in [3.63, 3.8) is 0 Å².